The Labute approximate surface area is 80.6 Å². The monoisotopic (exact) mass is 189 g/mol. The second-order valence-corrected chi connectivity index (χ2v) is 3.03. The quantitative estimate of drug-likeness (QED) is 0.335. The topological polar surface area (TPSA) is 93.3 Å². The third-order valence-electron chi connectivity index (χ3n) is 1.96. The number of nitrogens with two attached hydrogens (primary N) is 3. The van der Waals surface area contributed by atoms with E-state index in [4.69, 9.17) is 17.2 Å². The van der Waals surface area contributed by atoms with Gasteiger partial charge in [-0.05, 0) is 6.92 Å². The van der Waals surface area contributed by atoms with Gasteiger partial charge in [-0.25, -0.2) is 0 Å². The highest BCUT2D eigenvalue weighted by atomic mass is 15.3. The number of nitrogens with one attached hydrogen (secondary N) is 1. The lowest BCUT2D eigenvalue weighted by atomic mass is 10.4. The van der Waals surface area contributed by atoms with Crippen molar-refractivity contribution in [3.8, 4) is 0 Å². The smallest absolute Gasteiger partial charge is 0.0569 e. The average Bonchev–Trinajstić information content (AvgIpc) is 2.14. The Balaban J connectivity index is 3.72. The molecule has 0 amide bonds. The van der Waals surface area contributed by atoms with Gasteiger partial charge >= 0.3 is 0 Å². The van der Waals surface area contributed by atoms with E-state index in [1.54, 1.807) is 0 Å². The summed E-state index contributed by atoms with van der Waals surface area (Å²) < 4.78 is 0. The van der Waals surface area contributed by atoms with E-state index in [0.717, 1.165) is 19.6 Å². The van der Waals surface area contributed by atoms with Crippen molar-refractivity contribution < 1.29 is 0 Å². The summed E-state index contributed by atoms with van der Waals surface area (Å²) >= 11 is 0. The molecule has 0 aliphatic heterocycles. The third-order valence-corrected chi connectivity index (χ3v) is 1.96. The Morgan fingerprint density at radius 2 is 1.62 bits per heavy atom. The van der Waals surface area contributed by atoms with E-state index in [9.17, 15) is 0 Å². The molecule has 1 unspecified atom stereocenters. The molecule has 5 nitrogen and oxygen atoms in total. The van der Waals surface area contributed by atoms with Crippen LogP contribution in [0.3, 0.4) is 0 Å². The summed E-state index contributed by atoms with van der Waals surface area (Å²) in [6, 6.07) is 0. The summed E-state index contributed by atoms with van der Waals surface area (Å²) in [7, 11) is 0. The molecule has 13 heavy (non-hydrogen) atoms. The molecule has 0 saturated carbocycles. The van der Waals surface area contributed by atoms with Crippen molar-refractivity contribution in [2.24, 2.45) is 17.2 Å². The van der Waals surface area contributed by atoms with Gasteiger partial charge in [0.25, 0.3) is 0 Å². The number of hydrogen-bond acceptors (Lipinski definition) is 5. The van der Waals surface area contributed by atoms with Gasteiger partial charge in [0.2, 0.25) is 0 Å². The Bertz CT molecular complexity index is 103. The zero-order valence-corrected chi connectivity index (χ0v) is 8.50. The van der Waals surface area contributed by atoms with Crippen LogP contribution in [0.4, 0.5) is 0 Å². The lowest BCUT2D eigenvalue weighted by Gasteiger charge is -2.28. The van der Waals surface area contributed by atoms with Crippen LogP contribution in [0.2, 0.25) is 0 Å². The summed E-state index contributed by atoms with van der Waals surface area (Å²) in [6.07, 6.45) is 0.302. The predicted molar refractivity (Wildman–Crippen MR) is 56.2 cm³/mol. The van der Waals surface area contributed by atoms with Gasteiger partial charge in [-0.15, -0.1) is 0 Å². The second kappa shape index (κ2) is 8.40. The van der Waals surface area contributed by atoms with Crippen molar-refractivity contribution in [2.75, 3.05) is 39.3 Å². The molecule has 0 aromatic rings. The fourth-order valence-corrected chi connectivity index (χ4v) is 1.25. The number of nitrogens with zero attached hydrogens (tertiary/aromatic N) is 1. The van der Waals surface area contributed by atoms with Crippen molar-refractivity contribution in [2.45, 2.75) is 13.1 Å². The number of rotatable bonds is 8. The minimum Gasteiger partial charge on any atom is -0.329 e. The minimum absolute atomic E-state index is 0.302. The van der Waals surface area contributed by atoms with Crippen LogP contribution < -0.4 is 22.5 Å². The molecule has 1 atom stereocenters. The Morgan fingerprint density at radius 1 is 1.08 bits per heavy atom. The van der Waals surface area contributed by atoms with Crippen LogP contribution >= 0.6 is 0 Å². The lowest BCUT2D eigenvalue weighted by Crippen LogP contribution is -2.48. The summed E-state index contributed by atoms with van der Waals surface area (Å²) in [6.45, 7) is 6.65. The maximum absolute atomic E-state index is 5.49. The van der Waals surface area contributed by atoms with E-state index in [0.29, 0.717) is 25.8 Å². The molecule has 0 fully saturated rings. The molecule has 0 aromatic carbocycles. The summed E-state index contributed by atoms with van der Waals surface area (Å²) in [4.78, 5) is 2.22. The molecule has 80 valence electrons. The SMILES string of the molecule is CC(NCCN)N(CCN)CCN. The maximum Gasteiger partial charge on any atom is 0.0569 e. The molecule has 7 N–H and O–H groups in total. The third kappa shape index (κ3) is 5.95. The van der Waals surface area contributed by atoms with Crippen LogP contribution in [0.5, 0.6) is 0 Å². The molecular formula is C8H23N5. The van der Waals surface area contributed by atoms with E-state index in [1.165, 1.54) is 0 Å². The highest BCUT2D eigenvalue weighted by Crippen LogP contribution is 1.92. The van der Waals surface area contributed by atoms with Gasteiger partial charge in [-0.2, -0.15) is 0 Å². The standard InChI is InChI=1S/C8H23N5/c1-8(12-5-2-9)13(6-3-10)7-4-11/h8,12H,2-7,9-11H2,1H3. The van der Waals surface area contributed by atoms with E-state index >= 15 is 0 Å². The van der Waals surface area contributed by atoms with Gasteiger partial charge < -0.3 is 22.5 Å². The first-order chi connectivity index (χ1) is 6.26. The van der Waals surface area contributed by atoms with E-state index in [2.05, 4.69) is 17.1 Å². The maximum atomic E-state index is 5.49. The van der Waals surface area contributed by atoms with Crippen molar-refractivity contribution in [3.63, 3.8) is 0 Å². The number of hydrogen-bond donors (Lipinski definition) is 4. The van der Waals surface area contributed by atoms with Crippen LogP contribution in [-0.4, -0.2) is 50.3 Å². The van der Waals surface area contributed by atoms with Crippen molar-refractivity contribution in [1.82, 2.24) is 10.2 Å². The predicted octanol–water partition coefficient (Wildman–Crippen LogP) is -1.90. The molecule has 0 spiro atoms. The van der Waals surface area contributed by atoms with Crippen molar-refractivity contribution in [1.29, 1.82) is 0 Å². The molecular weight excluding hydrogens is 166 g/mol. The molecule has 0 aromatic heterocycles. The Hall–Kier alpha value is -0.200. The average molecular weight is 189 g/mol. The Kier molecular flexibility index (Phi) is 8.27. The first-order valence-electron chi connectivity index (χ1n) is 4.83. The molecule has 0 heterocycles. The first-order valence-corrected chi connectivity index (χ1v) is 4.83. The lowest BCUT2D eigenvalue weighted by molar-refractivity contribution is 0.189. The van der Waals surface area contributed by atoms with Crippen molar-refractivity contribution >= 4 is 0 Å². The van der Waals surface area contributed by atoms with Gasteiger partial charge in [0.15, 0.2) is 0 Å². The van der Waals surface area contributed by atoms with Crippen LogP contribution in [0.25, 0.3) is 0 Å². The minimum atomic E-state index is 0.302. The molecule has 0 rings (SSSR count). The molecule has 0 aliphatic rings. The van der Waals surface area contributed by atoms with Gasteiger partial charge in [0.1, 0.15) is 0 Å². The van der Waals surface area contributed by atoms with Crippen molar-refractivity contribution in [3.05, 3.63) is 0 Å². The van der Waals surface area contributed by atoms with Crippen LogP contribution in [0.15, 0.2) is 0 Å². The van der Waals surface area contributed by atoms with Crippen LogP contribution in [-0.2, 0) is 0 Å². The fourth-order valence-electron chi connectivity index (χ4n) is 1.25. The zero-order chi connectivity index (χ0) is 10.1. The molecule has 5 heteroatoms. The second-order valence-electron chi connectivity index (χ2n) is 3.03. The van der Waals surface area contributed by atoms with E-state index in [-0.39, 0.29) is 0 Å². The van der Waals surface area contributed by atoms with Crippen LogP contribution in [0, 0.1) is 0 Å². The fraction of sp³-hybridized carbons (Fsp3) is 1.00. The summed E-state index contributed by atoms with van der Waals surface area (Å²) in [5, 5.41) is 3.29. The summed E-state index contributed by atoms with van der Waals surface area (Å²) in [5.74, 6) is 0. The van der Waals surface area contributed by atoms with Gasteiger partial charge in [0, 0.05) is 39.3 Å². The van der Waals surface area contributed by atoms with Gasteiger partial charge in [0.05, 0.1) is 6.17 Å². The Morgan fingerprint density at radius 3 is 2.00 bits per heavy atom. The van der Waals surface area contributed by atoms with Gasteiger partial charge in [-0.3, -0.25) is 4.90 Å². The van der Waals surface area contributed by atoms with Gasteiger partial charge in [-0.1, -0.05) is 0 Å². The molecule has 0 aliphatic carbocycles. The van der Waals surface area contributed by atoms with Crippen LogP contribution in [0.1, 0.15) is 6.92 Å². The van der Waals surface area contributed by atoms with E-state index in [1.807, 2.05) is 0 Å². The summed E-state index contributed by atoms with van der Waals surface area (Å²) in [5.41, 5.74) is 16.4. The molecule has 0 bridgehead atoms. The largest absolute Gasteiger partial charge is 0.329 e. The molecule has 0 radical (unpaired) electrons. The van der Waals surface area contributed by atoms with E-state index < -0.39 is 0 Å². The highest BCUT2D eigenvalue weighted by Gasteiger charge is 2.10. The normalized spacial score (nSPS) is 13.6. The molecule has 0 saturated heterocycles. The highest BCUT2D eigenvalue weighted by molar-refractivity contribution is 4.66. The zero-order valence-electron chi connectivity index (χ0n) is 8.50. The first kappa shape index (κ1) is 12.8.